The number of sulfonamides is 1. The normalized spacial score (nSPS) is 29.8. The quantitative estimate of drug-likeness (QED) is 0.391. The van der Waals surface area contributed by atoms with Crippen molar-refractivity contribution in [3.63, 3.8) is 0 Å². The summed E-state index contributed by atoms with van der Waals surface area (Å²) in [6.45, 7) is 9.61. The van der Waals surface area contributed by atoms with E-state index in [-0.39, 0.29) is 29.2 Å². The summed E-state index contributed by atoms with van der Waals surface area (Å²) in [7, 11) is -1.55. The first-order valence-electron chi connectivity index (χ1n) is 15.4. The van der Waals surface area contributed by atoms with Crippen molar-refractivity contribution in [2.24, 2.45) is 11.8 Å². The van der Waals surface area contributed by atoms with Gasteiger partial charge in [0, 0.05) is 45.2 Å². The second-order valence-electron chi connectivity index (χ2n) is 12.3. The standard InChI is InChI=1S/C32H47N3O7S/c1-23-10-12-27(36)22-30(37)42-31(24(2)11-13-29(23)41-32(38)34-18-16-33(4)17-19-34)25(3)20-26-8-7-9-28(21-26)43(39,40)35-14-5-6-15-35/h7-9,11,13,20-21,23-24,27,29,31,36H,5-6,10,12,14-19,22H2,1-4H3/b13-11+,25-20+/t23-,24-,27+,29-,31-/m0/s1. The van der Waals surface area contributed by atoms with E-state index in [1.807, 2.05) is 52.1 Å². The van der Waals surface area contributed by atoms with Gasteiger partial charge in [-0.2, -0.15) is 4.31 Å². The highest BCUT2D eigenvalue weighted by Crippen LogP contribution is 2.27. The van der Waals surface area contributed by atoms with Gasteiger partial charge < -0.3 is 24.4 Å². The van der Waals surface area contributed by atoms with E-state index < -0.39 is 34.3 Å². The molecule has 0 aromatic heterocycles. The number of hydrogen-bond donors (Lipinski definition) is 1. The lowest BCUT2D eigenvalue weighted by Gasteiger charge is -2.33. The molecule has 0 radical (unpaired) electrons. The number of aliphatic hydroxyl groups excluding tert-OH is 1. The van der Waals surface area contributed by atoms with Gasteiger partial charge in [-0.25, -0.2) is 13.2 Å². The predicted octanol–water partition coefficient (Wildman–Crippen LogP) is 3.91. The molecule has 43 heavy (non-hydrogen) atoms. The third-order valence-corrected chi connectivity index (χ3v) is 10.6. The van der Waals surface area contributed by atoms with Gasteiger partial charge in [0.15, 0.2) is 0 Å². The predicted molar refractivity (Wildman–Crippen MR) is 165 cm³/mol. The topological polar surface area (TPSA) is 117 Å². The average Bonchev–Trinajstić information content (AvgIpc) is 3.53. The molecule has 3 aliphatic heterocycles. The van der Waals surface area contributed by atoms with Crippen LogP contribution < -0.4 is 0 Å². The maximum Gasteiger partial charge on any atom is 0.410 e. The van der Waals surface area contributed by atoms with Gasteiger partial charge in [0.05, 0.1) is 17.4 Å². The van der Waals surface area contributed by atoms with Crippen molar-refractivity contribution in [2.45, 2.75) is 76.1 Å². The van der Waals surface area contributed by atoms with E-state index in [1.165, 1.54) is 4.31 Å². The highest BCUT2D eigenvalue weighted by Gasteiger charge is 2.30. The Labute approximate surface area is 256 Å². The first-order chi connectivity index (χ1) is 20.4. The average molecular weight is 618 g/mol. The summed E-state index contributed by atoms with van der Waals surface area (Å²) in [5.41, 5.74) is 1.41. The molecule has 11 heteroatoms. The summed E-state index contributed by atoms with van der Waals surface area (Å²) in [6, 6.07) is 6.79. The van der Waals surface area contributed by atoms with Crippen molar-refractivity contribution >= 4 is 28.2 Å². The molecule has 0 aliphatic carbocycles. The van der Waals surface area contributed by atoms with Crippen LogP contribution in [0.5, 0.6) is 0 Å². The van der Waals surface area contributed by atoms with Crippen molar-refractivity contribution in [1.82, 2.24) is 14.1 Å². The van der Waals surface area contributed by atoms with Crippen LogP contribution in [0.3, 0.4) is 0 Å². The minimum atomic E-state index is -3.57. The van der Waals surface area contributed by atoms with E-state index in [0.717, 1.165) is 31.5 Å². The Morgan fingerprint density at radius 2 is 1.74 bits per heavy atom. The zero-order valence-corrected chi connectivity index (χ0v) is 26.7. The van der Waals surface area contributed by atoms with Crippen molar-refractivity contribution in [1.29, 1.82) is 0 Å². The molecular formula is C32H47N3O7S. The molecule has 3 heterocycles. The van der Waals surface area contributed by atoms with Gasteiger partial charge in [0.2, 0.25) is 10.0 Å². The molecule has 0 bridgehead atoms. The van der Waals surface area contributed by atoms with Crippen molar-refractivity contribution in [2.75, 3.05) is 46.3 Å². The molecule has 3 aliphatic rings. The Balaban J connectivity index is 1.56. The van der Waals surface area contributed by atoms with Gasteiger partial charge in [-0.1, -0.05) is 38.1 Å². The Kier molecular flexibility index (Phi) is 11.4. The van der Waals surface area contributed by atoms with Crippen molar-refractivity contribution < 1.29 is 32.6 Å². The summed E-state index contributed by atoms with van der Waals surface area (Å²) < 4.78 is 39.7. The number of carbonyl (C=O) groups excluding carboxylic acids is 2. The van der Waals surface area contributed by atoms with Crippen LogP contribution in [0.2, 0.25) is 0 Å². The van der Waals surface area contributed by atoms with E-state index in [1.54, 1.807) is 23.1 Å². The number of likely N-dealkylation sites (N-methyl/N-ethyl adjacent to an activating group) is 1. The number of ether oxygens (including phenoxy) is 2. The third kappa shape index (κ3) is 8.90. The van der Waals surface area contributed by atoms with Crippen LogP contribution in [0, 0.1) is 11.8 Å². The largest absolute Gasteiger partial charge is 0.457 e. The molecule has 10 nitrogen and oxygen atoms in total. The number of nitrogens with zero attached hydrogens (tertiary/aromatic N) is 3. The lowest BCUT2D eigenvalue weighted by molar-refractivity contribution is -0.151. The van der Waals surface area contributed by atoms with Gasteiger partial charge in [-0.15, -0.1) is 0 Å². The van der Waals surface area contributed by atoms with Crippen LogP contribution in [-0.4, -0.2) is 104 Å². The fourth-order valence-electron chi connectivity index (χ4n) is 5.82. The zero-order chi connectivity index (χ0) is 31.1. The van der Waals surface area contributed by atoms with Gasteiger partial charge in [0.25, 0.3) is 0 Å². The molecule has 1 amide bonds. The number of esters is 1. The molecule has 4 rings (SSSR count). The maximum atomic E-state index is 13.1. The van der Waals surface area contributed by atoms with E-state index in [0.29, 0.717) is 44.6 Å². The number of benzene rings is 1. The number of hydrogen-bond acceptors (Lipinski definition) is 8. The van der Waals surface area contributed by atoms with Crippen LogP contribution in [-0.2, 0) is 24.3 Å². The number of cyclic esters (lactones) is 1. The summed E-state index contributed by atoms with van der Waals surface area (Å²) in [4.78, 5) is 30.0. The molecule has 1 aromatic carbocycles. The van der Waals surface area contributed by atoms with Crippen LogP contribution >= 0.6 is 0 Å². The van der Waals surface area contributed by atoms with E-state index in [4.69, 9.17) is 9.47 Å². The van der Waals surface area contributed by atoms with Crippen LogP contribution in [0.1, 0.15) is 58.4 Å². The molecule has 0 unspecified atom stereocenters. The van der Waals surface area contributed by atoms with Crippen molar-refractivity contribution in [3.8, 4) is 0 Å². The summed E-state index contributed by atoms with van der Waals surface area (Å²) in [6.07, 6.45) is 5.76. The zero-order valence-electron chi connectivity index (χ0n) is 25.9. The minimum absolute atomic E-state index is 0.0691. The molecule has 1 aromatic rings. The Hall–Kier alpha value is -2.73. The summed E-state index contributed by atoms with van der Waals surface area (Å²) in [5.74, 6) is -0.854. The molecule has 238 valence electrons. The smallest absolute Gasteiger partial charge is 0.410 e. The molecule has 2 saturated heterocycles. The first kappa shape index (κ1) is 33.2. The molecule has 1 N–H and O–H groups in total. The highest BCUT2D eigenvalue weighted by atomic mass is 32.2. The van der Waals surface area contributed by atoms with E-state index >= 15 is 0 Å². The monoisotopic (exact) mass is 617 g/mol. The van der Waals surface area contributed by atoms with E-state index in [2.05, 4.69) is 4.90 Å². The first-order valence-corrected chi connectivity index (χ1v) is 16.9. The van der Waals surface area contributed by atoms with Crippen molar-refractivity contribution in [3.05, 3.63) is 47.6 Å². The third-order valence-electron chi connectivity index (χ3n) is 8.66. The number of rotatable bonds is 5. The van der Waals surface area contributed by atoms with Gasteiger partial charge in [-0.05, 0) is 74.9 Å². The van der Waals surface area contributed by atoms with Gasteiger partial charge in [0.1, 0.15) is 12.2 Å². The lowest BCUT2D eigenvalue weighted by Crippen LogP contribution is -2.48. The van der Waals surface area contributed by atoms with Crippen LogP contribution in [0.15, 0.2) is 46.9 Å². The Bertz CT molecular complexity index is 1280. The van der Waals surface area contributed by atoms with Crippen LogP contribution in [0.4, 0.5) is 4.79 Å². The molecule has 5 atom stereocenters. The Morgan fingerprint density at radius 3 is 2.44 bits per heavy atom. The molecule has 2 fully saturated rings. The minimum Gasteiger partial charge on any atom is -0.457 e. The highest BCUT2D eigenvalue weighted by molar-refractivity contribution is 7.89. The fraction of sp³-hybridized carbons (Fsp3) is 0.625. The van der Waals surface area contributed by atoms with Gasteiger partial charge >= 0.3 is 12.1 Å². The lowest BCUT2D eigenvalue weighted by atomic mass is 9.91. The maximum absolute atomic E-state index is 13.1. The molecule has 0 spiro atoms. The van der Waals surface area contributed by atoms with Crippen LogP contribution in [0.25, 0.3) is 6.08 Å². The van der Waals surface area contributed by atoms with E-state index in [9.17, 15) is 23.1 Å². The summed E-state index contributed by atoms with van der Waals surface area (Å²) >= 11 is 0. The fourth-order valence-corrected chi connectivity index (χ4v) is 7.39. The second-order valence-corrected chi connectivity index (χ2v) is 14.2. The molecule has 0 saturated carbocycles. The number of amides is 1. The number of carbonyl (C=O) groups is 2. The SMILES string of the molecule is C/C(=C\c1cccc(S(=O)(=O)N2CCCC2)c1)[C@H]1OC(=O)C[C@H](O)CC[C@H](C)[C@@H](OC(=O)N2CCN(C)CC2)/C=C/[C@@H]1C. The Morgan fingerprint density at radius 1 is 1.05 bits per heavy atom. The second kappa shape index (κ2) is 14.8. The molecular weight excluding hydrogens is 570 g/mol. The number of aliphatic hydroxyl groups is 1. The van der Waals surface area contributed by atoms with Gasteiger partial charge in [-0.3, -0.25) is 4.79 Å². The number of piperazine rings is 1. The summed E-state index contributed by atoms with van der Waals surface area (Å²) in [5, 5.41) is 10.6.